The molecule has 188 valence electrons. The molecule has 0 aliphatic carbocycles. The molecule has 2 N–H and O–H groups in total. The monoisotopic (exact) mass is 487 g/mol. The fourth-order valence-corrected chi connectivity index (χ4v) is 4.77. The van der Waals surface area contributed by atoms with E-state index in [1.165, 1.54) is 12.1 Å². The van der Waals surface area contributed by atoms with Crippen LogP contribution < -0.4 is 5.32 Å². The smallest absolute Gasteiger partial charge is 0.379 e. The topological polar surface area (TPSA) is 57.4 Å². The van der Waals surface area contributed by atoms with Crippen LogP contribution in [0.15, 0.2) is 48.7 Å². The maximum atomic E-state index is 13.4. The van der Waals surface area contributed by atoms with Gasteiger partial charge >= 0.3 is 6.18 Å². The number of nitrogens with zero attached hydrogens (tertiary/aromatic N) is 1. The van der Waals surface area contributed by atoms with Crippen molar-refractivity contribution in [3.63, 3.8) is 0 Å². The molecule has 1 aromatic heterocycles. The summed E-state index contributed by atoms with van der Waals surface area (Å²) in [6, 6.07) is 11.3. The van der Waals surface area contributed by atoms with Crippen LogP contribution in [0.4, 0.5) is 13.2 Å². The van der Waals surface area contributed by atoms with E-state index in [4.69, 9.17) is 4.74 Å². The molecule has 0 bridgehead atoms. The number of aromatic nitrogens is 1. The normalized spacial score (nSPS) is 15.9. The molecule has 1 saturated heterocycles. The Morgan fingerprint density at radius 2 is 1.94 bits per heavy atom. The number of nitrogens with one attached hydrogen (secondary N) is 2. The van der Waals surface area contributed by atoms with Crippen LogP contribution in [-0.4, -0.2) is 55.2 Å². The number of benzene rings is 2. The molecule has 1 aliphatic rings. The molecule has 1 unspecified atom stereocenters. The number of carbonyl (C=O) groups is 1. The predicted molar refractivity (Wildman–Crippen MR) is 130 cm³/mol. The minimum absolute atomic E-state index is 0.0716. The van der Waals surface area contributed by atoms with Gasteiger partial charge in [-0.25, -0.2) is 0 Å². The number of aryl methyl sites for hydroxylation is 1. The fourth-order valence-electron chi connectivity index (χ4n) is 4.77. The van der Waals surface area contributed by atoms with Gasteiger partial charge in [0.1, 0.15) is 0 Å². The molecule has 2 aromatic carbocycles. The number of amides is 1. The second kappa shape index (κ2) is 11.3. The molecule has 5 nitrogen and oxygen atoms in total. The third kappa shape index (κ3) is 6.24. The van der Waals surface area contributed by atoms with Crippen LogP contribution >= 0.6 is 0 Å². The summed E-state index contributed by atoms with van der Waals surface area (Å²) in [7, 11) is 0. The third-order valence-electron chi connectivity index (χ3n) is 6.67. The second-order valence-electron chi connectivity index (χ2n) is 8.97. The number of para-hydroxylation sites is 1. The van der Waals surface area contributed by atoms with E-state index in [0.717, 1.165) is 73.8 Å². The van der Waals surface area contributed by atoms with Gasteiger partial charge in [-0.15, -0.1) is 0 Å². The van der Waals surface area contributed by atoms with Crippen molar-refractivity contribution in [2.45, 2.75) is 38.3 Å². The van der Waals surface area contributed by atoms with Crippen LogP contribution in [0.1, 0.15) is 47.9 Å². The summed E-state index contributed by atoms with van der Waals surface area (Å²) < 4.78 is 45.7. The molecule has 0 radical (unpaired) electrons. The number of H-pyrrole nitrogens is 1. The van der Waals surface area contributed by atoms with Crippen molar-refractivity contribution in [3.8, 4) is 0 Å². The zero-order chi connectivity index (χ0) is 24.8. The van der Waals surface area contributed by atoms with Crippen LogP contribution in [-0.2, 0) is 22.1 Å². The fraction of sp³-hybridized carbons (Fsp3) is 0.444. The highest BCUT2D eigenvalue weighted by atomic mass is 19.4. The molecule has 1 aliphatic heterocycles. The van der Waals surface area contributed by atoms with Gasteiger partial charge < -0.3 is 15.0 Å². The number of carbonyl (C=O) groups excluding carboxylic acids is 1. The third-order valence-corrected chi connectivity index (χ3v) is 6.67. The second-order valence-corrected chi connectivity index (χ2v) is 8.97. The largest absolute Gasteiger partial charge is 0.416 e. The van der Waals surface area contributed by atoms with E-state index in [1.54, 1.807) is 6.07 Å². The van der Waals surface area contributed by atoms with E-state index < -0.39 is 17.7 Å². The van der Waals surface area contributed by atoms with Gasteiger partial charge in [0, 0.05) is 49.1 Å². The van der Waals surface area contributed by atoms with Gasteiger partial charge in [-0.1, -0.05) is 43.3 Å². The molecule has 3 aromatic rings. The Morgan fingerprint density at radius 3 is 2.69 bits per heavy atom. The van der Waals surface area contributed by atoms with Crippen LogP contribution in [0.2, 0.25) is 0 Å². The molecule has 1 amide bonds. The molecular weight excluding hydrogens is 455 g/mol. The van der Waals surface area contributed by atoms with Crippen molar-refractivity contribution in [3.05, 3.63) is 70.9 Å². The lowest BCUT2D eigenvalue weighted by molar-refractivity contribution is -0.137. The standard InChI is InChI=1S/C27H32F3N3O2/c1-2-19-6-4-9-22-24(18-32-26(19)22)23(20-7-3-8-21(16-20)27(28,29)30)17-25(34)31-10-5-11-33-12-14-35-15-13-33/h3-4,6-9,16,18,23,32H,2,5,10-15,17H2,1H3,(H,31,34). The zero-order valence-corrected chi connectivity index (χ0v) is 20.0. The molecule has 1 fully saturated rings. The predicted octanol–water partition coefficient (Wildman–Crippen LogP) is 5.11. The quantitative estimate of drug-likeness (QED) is 0.413. The maximum absolute atomic E-state index is 13.4. The van der Waals surface area contributed by atoms with Gasteiger partial charge in [-0.05, 0) is 42.1 Å². The van der Waals surface area contributed by atoms with E-state index in [2.05, 4.69) is 22.1 Å². The van der Waals surface area contributed by atoms with Gasteiger partial charge in [-0.2, -0.15) is 13.2 Å². The van der Waals surface area contributed by atoms with Crippen molar-refractivity contribution in [2.24, 2.45) is 0 Å². The summed E-state index contributed by atoms with van der Waals surface area (Å²) in [6.45, 7) is 6.72. The van der Waals surface area contributed by atoms with Crippen LogP contribution in [0, 0.1) is 0 Å². The first-order valence-electron chi connectivity index (χ1n) is 12.2. The van der Waals surface area contributed by atoms with Gasteiger partial charge in [0.05, 0.1) is 18.8 Å². The molecule has 4 rings (SSSR count). The Labute approximate surface area is 203 Å². The van der Waals surface area contributed by atoms with Crippen molar-refractivity contribution in [1.29, 1.82) is 0 Å². The van der Waals surface area contributed by atoms with E-state index in [9.17, 15) is 18.0 Å². The van der Waals surface area contributed by atoms with Crippen molar-refractivity contribution in [1.82, 2.24) is 15.2 Å². The number of halogens is 3. The Balaban J connectivity index is 1.54. The summed E-state index contributed by atoms with van der Waals surface area (Å²) in [6.07, 6.45) is -0.900. The minimum Gasteiger partial charge on any atom is -0.379 e. The number of alkyl halides is 3. The summed E-state index contributed by atoms with van der Waals surface area (Å²) in [4.78, 5) is 18.5. The van der Waals surface area contributed by atoms with Crippen LogP contribution in [0.5, 0.6) is 0 Å². The van der Waals surface area contributed by atoms with Crippen molar-refractivity contribution >= 4 is 16.8 Å². The number of hydrogen-bond acceptors (Lipinski definition) is 3. The van der Waals surface area contributed by atoms with Gasteiger partial charge in [0.15, 0.2) is 0 Å². The highest BCUT2D eigenvalue weighted by molar-refractivity contribution is 5.88. The summed E-state index contributed by atoms with van der Waals surface area (Å²) >= 11 is 0. The first-order chi connectivity index (χ1) is 16.9. The zero-order valence-electron chi connectivity index (χ0n) is 20.0. The van der Waals surface area contributed by atoms with Crippen molar-refractivity contribution < 1.29 is 22.7 Å². The van der Waals surface area contributed by atoms with Crippen LogP contribution in [0.25, 0.3) is 10.9 Å². The molecule has 0 saturated carbocycles. The van der Waals surface area contributed by atoms with Gasteiger partial charge in [0.2, 0.25) is 5.91 Å². The summed E-state index contributed by atoms with van der Waals surface area (Å²) in [5.74, 6) is -0.673. The van der Waals surface area contributed by atoms with E-state index in [0.29, 0.717) is 12.1 Å². The summed E-state index contributed by atoms with van der Waals surface area (Å²) in [5.41, 5.74) is 2.70. The highest BCUT2D eigenvalue weighted by Crippen LogP contribution is 2.37. The average molecular weight is 488 g/mol. The highest BCUT2D eigenvalue weighted by Gasteiger charge is 2.32. The Morgan fingerprint density at radius 1 is 1.17 bits per heavy atom. The molecule has 35 heavy (non-hydrogen) atoms. The SMILES string of the molecule is CCc1cccc2c(C(CC(=O)NCCCN3CCOCC3)c3cccc(C(F)(F)F)c3)c[nH]c12. The molecular formula is C27H32F3N3O2. The first kappa shape index (κ1) is 25.3. The number of hydrogen-bond donors (Lipinski definition) is 2. The van der Waals surface area contributed by atoms with E-state index in [-0.39, 0.29) is 12.3 Å². The number of morpholine rings is 1. The number of ether oxygens (including phenoxy) is 1. The molecule has 2 heterocycles. The molecule has 0 spiro atoms. The molecule has 1 atom stereocenters. The Bertz CT molecular complexity index is 1140. The average Bonchev–Trinajstić information content (AvgIpc) is 3.29. The summed E-state index contributed by atoms with van der Waals surface area (Å²) in [5, 5.41) is 3.91. The lowest BCUT2D eigenvalue weighted by Gasteiger charge is -2.26. The lowest BCUT2D eigenvalue weighted by Crippen LogP contribution is -2.38. The Hall–Kier alpha value is -2.84. The van der Waals surface area contributed by atoms with Crippen LogP contribution in [0.3, 0.4) is 0 Å². The van der Waals surface area contributed by atoms with E-state index in [1.807, 2.05) is 24.4 Å². The van der Waals surface area contributed by atoms with E-state index >= 15 is 0 Å². The number of aromatic amines is 1. The van der Waals surface area contributed by atoms with Gasteiger partial charge in [-0.3, -0.25) is 9.69 Å². The maximum Gasteiger partial charge on any atom is 0.416 e. The lowest BCUT2D eigenvalue weighted by atomic mass is 9.86. The number of rotatable bonds is 9. The minimum atomic E-state index is -4.45. The van der Waals surface area contributed by atoms with Gasteiger partial charge in [0.25, 0.3) is 0 Å². The Kier molecular flexibility index (Phi) is 8.13. The van der Waals surface area contributed by atoms with Crippen molar-refractivity contribution in [2.75, 3.05) is 39.4 Å². The molecule has 8 heteroatoms. The first-order valence-corrected chi connectivity index (χ1v) is 12.2. The number of fused-ring (bicyclic) bond motifs is 1.